The molecular weight excluding hydrogens is 274 g/mol. The normalized spacial score (nSPS) is 16.2. The summed E-state index contributed by atoms with van der Waals surface area (Å²) in [5.41, 5.74) is 2.84. The second kappa shape index (κ2) is 5.25. The van der Waals surface area contributed by atoms with Gasteiger partial charge in [0.15, 0.2) is 0 Å². The van der Waals surface area contributed by atoms with Crippen molar-refractivity contribution in [2.45, 2.75) is 12.3 Å². The summed E-state index contributed by atoms with van der Waals surface area (Å²) in [7, 11) is 3.75. The average Bonchev–Trinajstić information content (AvgIpc) is 2.39. The van der Waals surface area contributed by atoms with Gasteiger partial charge in [0, 0.05) is 26.6 Å². The first kappa shape index (κ1) is 13.1. The van der Waals surface area contributed by atoms with Gasteiger partial charge in [-0.3, -0.25) is 0 Å². The van der Waals surface area contributed by atoms with E-state index in [9.17, 15) is 0 Å². The molecule has 0 aliphatic heterocycles. The molecule has 0 spiro atoms. The van der Waals surface area contributed by atoms with Gasteiger partial charge in [-0.05, 0) is 29.1 Å². The lowest BCUT2D eigenvalue weighted by Crippen LogP contribution is -2.25. The standard InChI is InChI=1S/C14H16ClN5/c1-20(2)14-18-12(15)17-13(19-14)16-8-10-7-9-5-3-4-6-11(9)10/h3-6,10H,7-8H2,1-2H3,(H,16,17,18,19). The van der Waals surface area contributed by atoms with Crippen LogP contribution in [0.2, 0.25) is 5.28 Å². The van der Waals surface area contributed by atoms with Crippen molar-refractivity contribution < 1.29 is 0 Å². The minimum atomic E-state index is 0.209. The molecule has 1 N–H and O–H groups in total. The van der Waals surface area contributed by atoms with E-state index in [0.717, 1.165) is 13.0 Å². The summed E-state index contributed by atoms with van der Waals surface area (Å²) in [4.78, 5) is 14.3. The van der Waals surface area contributed by atoms with Crippen LogP contribution in [0.3, 0.4) is 0 Å². The van der Waals surface area contributed by atoms with Gasteiger partial charge in [-0.25, -0.2) is 0 Å². The number of halogens is 1. The number of fused-ring (bicyclic) bond motifs is 1. The third-order valence-corrected chi connectivity index (χ3v) is 3.63. The first-order valence-corrected chi connectivity index (χ1v) is 6.92. The fourth-order valence-corrected chi connectivity index (χ4v) is 2.53. The van der Waals surface area contributed by atoms with E-state index in [1.165, 1.54) is 11.1 Å². The minimum absolute atomic E-state index is 0.209. The number of nitrogens with zero attached hydrogens (tertiary/aromatic N) is 4. The van der Waals surface area contributed by atoms with Crippen molar-refractivity contribution in [3.63, 3.8) is 0 Å². The molecule has 0 radical (unpaired) electrons. The van der Waals surface area contributed by atoms with E-state index in [1.54, 1.807) is 4.90 Å². The first-order chi connectivity index (χ1) is 9.63. The molecule has 6 heteroatoms. The van der Waals surface area contributed by atoms with Gasteiger partial charge < -0.3 is 10.2 Å². The predicted molar refractivity (Wildman–Crippen MR) is 80.5 cm³/mol. The Balaban J connectivity index is 1.68. The SMILES string of the molecule is CN(C)c1nc(Cl)nc(NCC2Cc3ccccc32)n1. The molecule has 1 aromatic heterocycles. The van der Waals surface area contributed by atoms with Gasteiger partial charge in [-0.15, -0.1) is 0 Å². The van der Waals surface area contributed by atoms with Gasteiger partial charge in [0.05, 0.1) is 0 Å². The third-order valence-electron chi connectivity index (χ3n) is 3.46. The van der Waals surface area contributed by atoms with Gasteiger partial charge in [-0.1, -0.05) is 24.3 Å². The molecule has 1 atom stereocenters. The van der Waals surface area contributed by atoms with E-state index in [1.807, 2.05) is 14.1 Å². The summed E-state index contributed by atoms with van der Waals surface area (Å²) in [5.74, 6) is 1.60. The molecule has 0 saturated heterocycles. The average molecular weight is 290 g/mol. The Morgan fingerprint density at radius 2 is 2.05 bits per heavy atom. The summed E-state index contributed by atoms with van der Waals surface area (Å²) in [6, 6.07) is 8.51. The van der Waals surface area contributed by atoms with E-state index >= 15 is 0 Å². The van der Waals surface area contributed by atoms with E-state index in [4.69, 9.17) is 11.6 Å². The second-order valence-corrected chi connectivity index (χ2v) is 5.44. The quantitative estimate of drug-likeness (QED) is 0.936. The zero-order valence-electron chi connectivity index (χ0n) is 11.5. The van der Waals surface area contributed by atoms with Gasteiger partial charge in [0.2, 0.25) is 17.2 Å². The lowest BCUT2D eigenvalue weighted by Gasteiger charge is -2.30. The van der Waals surface area contributed by atoms with Crippen molar-refractivity contribution in [3.05, 3.63) is 40.7 Å². The molecule has 1 aromatic carbocycles. The largest absolute Gasteiger partial charge is 0.353 e. The Kier molecular flexibility index (Phi) is 3.44. The van der Waals surface area contributed by atoms with Crippen molar-refractivity contribution in [1.82, 2.24) is 15.0 Å². The maximum Gasteiger partial charge on any atom is 0.230 e. The molecule has 5 nitrogen and oxygen atoms in total. The molecule has 0 fully saturated rings. The lowest BCUT2D eigenvalue weighted by atomic mass is 9.78. The van der Waals surface area contributed by atoms with Gasteiger partial charge in [0.25, 0.3) is 0 Å². The summed E-state index contributed by atoms with van der Waals surface area (Å²) >= 11 is 5.91. The van der Waals surface area contributed by atoms with Crippen molar-refractivity contribution in [3.8, 4) is 0 Å². The van der Waals surface area contributed by atoms with Crippen molar-refractivity contribution in [1.29, 1.82) is 0 Å². The van der Waals surface area contributed by atoms with Crippen LogP contribution in [0.5, 0.6) is 0 Å². The zero-order chi connectivity index (χ0) is 14.1. The first-order valence-electron chi connectivity index (χ1n) is 6.54. The predicted octanol–water partition coefficient (Wildman–Crippen LogP) is 2.34. The zero-order valence-corrected chi connectivity index (χ0v) is 12.2. The van der Waals surface area contributed by atoms with Crippen LogP contribution < -0.4 is 10.2 Å². The fourth-order valence-electron chi connectivity index (χ4n) is 2.38. The van der Waals surface area contributed by atoms with E-state index in [-0.39, 0.29) is 5.28 Å². The van der Waals surface area contributed by atoms with Crippen LogP contribution in [0.1, 0.15) is 17.0 Å². The second-order valence-electron chi connectivity index (χ2n) is 5.10. The van der Waals surface area contributed by atoms with Gasteiger partial charge >= 0.3 is 0 Å². The minimum Gasteiger partial charge on any atom is -0.353 e. The third kappa shape index (κ3) is 2.54. The molecule has 0 amide bonds. The summed E-state index contributed by atoms with van der Waals surface area (Å²) in [6.07, 6.45) is 1.10. The van der Waals surface area contributed by atoms with Crippen LogP contribution in [-0.4, -0.2) is 35.6 Å². The molecule has 1 heterocycles. The molecule has 2 aromatic rings. The smallest absolute Gasteiger partial charge is 0.230 e. The molecule has 0 saturated carbocycles. The molecule has 0 bridgehead atoms. The summed E-state index contributed by atoms with van der Waals surface area (Å²) < 4.78 is 0. The number of anilines is 2. The van der Waals surface area contributed by atoms with E-state index < -0.39 is 0 Å². The summed E-state index contributed by atoms with van der Waals surface area (Å²) in [5, 5.41) is 3.46. The molecular formula is C14H16ClN5. The Labute approximate surface area is 123 Å². The highest BCUT2D eigenvalue weighted by Crippen LogP contribution is 2.34. The number of benzene rings is 1. The highest BCUT2D eigenvalue weighted by Gasteiger charge is 2.25. The number of hydrogen-bond acceptors (Lipinski definition) is 5. The van der Waals surface area contributed by atoms with Crippen LogP contribution in [0.4, 0.5) is 11.9 Å². The molecule has 1 unspecified atom stereocenters. The van der Waals surface area contributed by atoms with Crippen LogP contribution in [0, 0.1) is 0 Å². The maximum absolute atomic E-state index is 5.91. The van der Waals surface area contributed by atoms with Crippen molar-refractivity contribution >= 4 is 23.5 Å². The number of nitrogens with one attached hydrogen (secondary N) is 1. The fraction of sp³-hybridized carbons (Fsp3) is 0.357. The highest BCUT2D eigenvalue weighted by atomic mass is 35.5. The monoisotopic (exact) mass is 289 g/mol. The van der Waals surface area contributed by atoms with Crippen LogP contribution in [0.15, 0.2) is 24.3 Å². The molecule has 1 aliphatic rings. The molecule has 104 valence electrons. The highest BCUT2D eigenvalue weighted by molar-refractivity contribution is 6.28. The lowest BCUT2D eigenvalue weighted by molar-refractivity contribution is 0.633. The Morgan fingerprint density at radius 3 is 2.80 bits per heavy atom. The molecule has 1 aliphatic carbocycles. The molecule has 3 rings (SSSR count). The Hall–Kier alpha value is -1.88. The van der Waals surface area contributed by atoms with E-state index in [2.05, 4.69) is 44.5 Å². The van der Waals surface area contributed by atoms with Crippen molar-refractivity contribution in [2.24, 2.45) is 0 Å². The number of hydrogen-bond donors (Lipinski definition) is 1. The van der Waals surface area contributed by atoms with E-state index in [0.29, 0.717) is 17.8 Å². The van der Waals surface area contributed by atoms with Crippen LogP contribution >= 0.6 is 11.6 Å². The van der Waals surface area contributed by atoms with Crippen LogP contribution in [0.25, 0.3) is 0 Å². The number of aromatic nitrogens is 3. The Morgan fingerprint density at radius 1 is 1.25 bits per heavy atom. The van der Waals surface area contributed by atoms with Crippen LogP contribution in [-0.2, 0) is 6.42 Å². The Bertz CT molecular complexity index is 629. The van der Waals surface area contributed by atoms with Gasteiger partial charge in [0.1, 0.15) is 0 Å². The summed E-state index contributed by atoms with van der Waals surface area (Å²) in [6.45, 7) is 0.810. The number of rotatable bonds is 4. The van der Waals surface area contributed by atoms with Gasteiger partial charge in [-0.2, -0.15) is 15.0 Å². The van der Waals surface area contributed by atoms with Crippen molar-refractivity contribution in [2.75, 3.05) is 30.9 Å². The molecule has 20 heavy (non-hydrogen) atoms. The topological polar surface area (TPSA) is 53.9 Å². The maximum atomic E-state index is 5.91.